The molecule has 1 unspecified atom stereocenters. The summed E-state index contributed by atoms with van der Waals surface area (Å²) in [6.45, 7) is 1.74. The third-order valence-electron chi connectivity index (χ3n) is 2.13. The summed E-state index contributed by atoms with van der Waals surface area (Å²) in [6, 6.07) is 3.10. The number of hydrogen-bond acceptors (Lipinski definition) is 1. The Kier molecular flexibility index (Phi) is 3.62. The van der Waals surface area contributed by atoms with Crippen molar-refractivity contribution in [3.8, 4) is 0 Å². The van der Waals surface area contributed by atoms with Crippen LogP contribution in [0.4, 0.5) is 13.2 Å². The lowest BCUT2D eigenvalue weighted by molar-refractivity contribution is -0.147. The summed E-state index contributed by atoms with van der Waals surface area (Å²) >= 11 is 5.86. The smallest absolute Gasteiger partial charge is 0.320 e. The van der Waals surface area contributed by atoms with E-state index in [0.29, 0.717) is 10.6 Å². The number of hydrogen-bond donors (Lipinski definition) is 1. The van der Waals surface area contributed by atoms with Gasteiger partial charge >= 0.3 is 6.18 Å². The maximum Gasteiger partial charge on any atom is 0.403 e. The summed E-state index contributed by atoms with van der Waals surface area (Å²) < 4.78 is 36.6. The van der Waals surface area contributed by atoms with E-state index in [-0.39, 0.29) is 6.42 Å². The van der Waals surface area contributed by atoms with Crippen LogP contribution < -0.4 is 5.73 Å². The molecule has 0 aromatic heterocycles. The average molecular weight is 238 g/mol. The van der Waals surface area contributed by atoms with Crippen molar-refractivity contribution in [1.29, 1.82) is 0 Å². The van der Waals surface area contributed by atoms with Gasteiger partial charge in [0.1, 0.15) is 6.04 Å². The van der Waals surface area contributed by atoms with E-state index in [1.807, 2.05) is 0 Å². The fourth-order valence-corrected chi connectivity index (χ4v) is 1.42. The molecule has 5 heteroatoms. The molecule has 0 aliphatic rings. The van der Waals surface area contributed by atoms with Gasteiger partial charge in [-0.2, -0.15) is 13.2 Å². The van der Waals surface area contributed by atoms with Gasteiger partial charge in [0.25, 0.3) is 0 Å². The zero-order valence-electron chi connectivity index (χ0n) is 8.11. The number of rotatable bonds is 2. The molecule has 84 valence electrons. The highest BCUT2D eigenvalue weighted by Gasteiger charge is 2.36. The molecule has 0 aliphatic carbocycles. The molecular formula is C10H11ClF3N. The van der Waals surface area contributed by atoms with Crippen molar-refractivity contribution in [1.82, 2.24) is 0 Å². The summed E-state index contributed by atoms with van der Waals surface area (Å²) in [7, 11) is 0. The Morgan fingerprint density at radius 1 is 1.40 bits per heavy atom. The molecular weight excluding hydrogens is 227 g/mol. The predicted octanol–water partition coefficient (Wildman–Crippen LogP) is 3.08. The first-order valence-corrected chi connectivity index (χ1v) is 4.76. The first-order chi connectivity index (χ1) is 6.82. The van der Waals surface area contributed by atoms with Gasteiger partial charge in [-0.05, 0) is 24.5 Å². The Morgan fingerprint density at radius 2 is 2.00 bits per heavy atom. The van der Waals surface area contributed by atoms with Crippen LogP contribution in [0.25, 0.3) is 0 Å². The zero-order chi connectivity index (χ0) is 11.6. The van der Waals surface area contributed by atoms with Gasteiger partial charge in [-0.15, -0.1) is 0 Å². The lowest BCUT2D eigenvalue weighted by Gasteiger charge is -2.16. The third-order valence-corrected chi connectivity index (χ3v) is 2.67. The minimum Gasteiger partial charge on any atom is -0.320 e. The first-order valence-electron chi connectivity index (χ1n) is 4.38. The van der Waals surface area contributed by atoms with Crippen LogP contribution in [0, 0.1) is 6.92 Å². The summed E-state index contributed by atoms with van der Waals surface area (Å²) in [6.07, 6.45) is -4.67. The standard InChI is InChI=1S/C10H11ClF3N/c1-6-3-2-4-7(9(6)11)5-8(15)10(12,13)14/h2-4,8H,5,15H2,1H3. The lowest BCUT2D eigenvalue weighted by Crippen LogP contribution is -2.39. The van der Waals surface area contributed by atoms with Gasteiger partial charge in [0.05, 0.1) is 0 Å². The molecule has 0 radical (unpaired) electrons. The second kappa shape index (κ2) is 4.41. The highest BCUT2D eigenvalue weighted by atomic mass is 35.5. The third kappa shape index (κ3) is 3.11. The predicted molar refractivity (Wildman–Crippen MR) is 53.9 cm³/mol. The van der Waals surface area contributed by atoms with E-state index in [1.165, 1.54) is 0 Å². The van der Waals surface area contributed by atoms with Gasteiger partial charge in [-0.3, -0.25) is 0 Å². The van der Waals surface area contributed by atoms with Gasteiger partial charge in [-0.1, -0.05) is 29.8 Å². The van der Waals surface area contributed by atoms with Gasteiger partial charge in [-0.25, -0.2) is 0 Å². The summed E-state index contributed by atoms with van der Waals surface area (Å²) in [5.74, 6) is 0. The molecule has 1 rings (SSSR count). The molecule has 0 saturated heterocycles. The lowest BCUT2D eigenvalue weighted by atomic mass is 10.0. The molecule has 0 aliphatic heterocycles. The highest BCUT2D eigenvalue weighted by molar-refractivity contribution is 6.32. The SMILES string of the molecule is Cc1cccc(CC(N)C(F)(F)F)c1Cl. The average Bonchev–Trinajstić information content (AvgIpc) is 2.11. The van der Waals surface area contributed by atoms with Gasteiger partial charge in [0.2, 0.25) is 0 Å². The fraction of sp³-hybridized carbons (Fsp3) is 0.400. The Balaban J connectivity index is 2.86. The Morgan fingerprint density at radius 3 is 2.53 bits per heavy atom. The van der Waals surface area contributed by atoms with E-state index in [4.69, 9.17) is 17.3 Å². The first kappa shape index (κ1) is 12.3. The van der Waals surface area contributed by atoms with E-state index in [0.717, 1.165) is 5.56 Å². The molecule has 0 heterocycles. The molecule has 0 saturated carbocycles. The van der Waals surface area contributed by atoms with Crippen molar-refractivity contribution in [3.05, 3.63) is 34.3 Å². The normalized spacial score (nSPS) is 14.0. The molecule has 1 atom stereocenters. The van der Waals surface area contributed by atoms with Crippen LogP contribution in [0.3, 0.4) is 0 Å². The van der Waals surface area contributed by atoms with Crippen molar-refractivity contribution < 1.29 is 13.2 Å². The highest BCUT2D eigenvalue weighted by Crippen LogP contribution is 2.26. The van der Waals surface area contributed by atoms with Gasteiger partial charge in [0.15, 0.2) is 0 Å². The van der Waals surface area contributed by atoms with E-state index in [9.17, 15) is 13.2 Å². The molecule has 15 heavy (non-hydrogen) atoms. The van der Waals surface area contributed by atoms with E-state index in [2.05, 4.69) is 0 Å². The van der Waals surface area contributed by atoms with Crippen LogP contribution in [0.1, 0.15) is 11.1 Å². The van der Waals surface area contributed by atoms with Crippen molar-refractivity contribution in [2.45, 2.75) is 25.6 Å². The van der Waals surface area contributed by atoms with Crippen LogP contribution in [0.2, 0.25) is 5.02 Å². The van der Waals surface area contributed by atoms with Gasteiger partial charge < -0.3 is 5.73 Å². The van der Waals surface area contributed by atoms with Crippen LogP contribution in [-0.4, -0.2) is 12.2 Å². The quantitative estimate of drug-likeness (QED) is 0.841. The summed E-state index contributed by atoms with van der Waals surface area (Å²) in [4.78, 5) is 0. The van der Waals surface area contributed by atoms with Crippen LogP contribution in [-0.2, 0) is 6.42 Å². The molecule has 1 nitrogen and oxygen atoms in total. The number of halogens is 4. The number of alkyl halides is 3. The number of nitrogens with two attached hydrogens (primary N) is 1. The molecule has 0 fully saturated rings. The second-order valence-corrected chi connectivity index (χ2v) is 3.78. The minimum atomic E-state index is -4.38. The van der Waals surface area contributed by atoms with E-state index >= 15 is 0 Å². The van der Waals surface area contributed by atoms with Crippen molar-refractivity contribution in [3.63, 3.8) is 0 Å². The summed E-state index contributed by atoms with van der Waals surface area (Å²) in [5.41, 5.74) is 6.20. The van der Waals surface area contributed by atoms with Crippen LogP contribution in [0.5, 0.6) is 0 Å². The maximum atomic E-state index is 12.2. The Hall–Kier alpha value is -0.740. The molecule has 0 amide bonds. The minimum absolute atomic E-state index is 0.288. The van der Waals surface area contributed by atoms with E-state index < -0.39 is 12.2 Å². The molecule has 1 aromatic rings. The van der Waals surface area contributed by atoms with Crippen molar-refractivity contribution in [2.24, 2.45) is 5.73 Å². The molecule has 2 N–H and O–H groups in total. The van der Waals surface area contributed by atoms with E-state index in [1.54, 1.807) is 25.1 Å². The summed E-state index contributed by atoms with van der Waals surface area (Å²) in [5, 5.41) is 0.359. The maximum absolute atomic E-state index is 12.2. The van der Waals surface area contributed by atoms with Gasteiger partial charge in [0, 0.05) is 5.02 Å². The van der Waals surface area contributed by atoms with Crippen molar-refractivity contribution in [2.75, 3.05) is 0 Å². The van der Waals surface area contributed by atoms with Crippen molar-refractivity contribution >= 4 is 11.6 Å². The van der Waals surface area contributed by atoms with Crippen LogP contribution in [0.15, 0.2) is 18.2 Å². The number of aryl methyl sites for hydroxylation is 1. The molecule has 1 aromatic carbocycles. The van der Waals surface area contributed by atoms with Crippen LogP contribution >= 0.6 is 11.6 Å². The Labute approximate surface area is 91.0 Å². The largest absolute Gasteiger partial charge is 0.403 e. The topological polar surface area (TPSA) is 26.0 Å². The fourth-order valence-electron chi connectivity index (χ4n) is 1.22. The number of benzene rings is 1. The zero-order valence-corrected chi connectivity index (χ0v) is 8.86. The second-order valence-electron chi connectivity index (χ2n) is 3.40. The monoisotopic (exact) mass is 237 g/mol. The Bertz CT molecular complexity index is 349. The molecule has 0 bridgehead atoms. The molecule has 0 spiro atoms.